The van der Waals surface area contributed by atoms with E-state index in [1.165, 1.54) is 18.3 Å². The third kappa shape index (κ3) is 3.39. The Morgan fingerprint density at radius 2 is 2.05 bits per heavy atom. The van der Waals surface area contributed by atoms with Crippen LogP contribution >= 0.6 is 0 Å². The maximum atomic E-state index is 12.3. The fourth-order valence-electron chi connectivity index (χ4n) is 1.49. The number of alkyl halides is 2. The van der Waals surface area contributed by atoms with Crippen molar-refractivity contribution in [3.05, 3.63) is 48.3 Å². The number of nitrogens with one attached hydrogen (secondary N) is 1. The van der Waals surface area contributed by atoms with E-state index in [4.69, 9.17) is 5.26 Å². The van der Waals surface area contributed by atoms with Gasteiger partial charge in [0.2, 0.25) is 0 Å². The molecule has 0 radical (unpaired) electrons. The molecule has 19 heavy (non-hydrogen) atoms. The molecule has 2 rings (SSSR count). The number of halogens is 2. The number of ether oxygens (including phenoxy) is 1. The lowest BCUT2D eigenvalue weighted by Crippen LogP contribution is -2.04. The van der Waals surface area contributed by atoms with Crippen molar-refractivity contribution in [3.8, 4) is 11.8 Å². The van der Waals surface area contributed by atoms with E-state index >= 15 is 0 Å². The predicted molar refractivity (Wildman–Crippen MR) is 65.3 cm³/mol. The van der Waals surface area contributed by atoms with Crippen molar-refractivity contribution in [2.45, 2.75) is 6.61 Å². The van der Waals surface area contributed by atoms with Crippen LogP contribution in [0.2, 0.25) is 0 Å². The van der Waals surface area contributed by atoms with Gasteiger partial charge in [0.25, 0.3) is 0 Å². The van der Waals surface area contributed by atoms with Gasteiger partial charge in [-0.3, -0.25) is 0 Å². The SMILES string of the molecule is N#Cc1cc(Nc2ccccc2OC(F)F)ccn1. The monoisotopic (exact) mass is 261 g/mol. The van der Waals surface area contributed by atoms with E-state index < -0.39 is 6.61 Å². The molecule has 0 aliphatic heterocycles. The first-order valence-electron chi connectivity index (χ1n) is 5.36. The fraction of sp³-hybridized carbons (Fsp3) is 0.0769. The van der Waals surface area contributed by atoms with Gasteiger partial charge in [0.15, 0.2) is 0 Å². The molecule has 0 saturated heterocycles. The van der Waals surface area contributed by atoms with Crippen LogP contribution in [-0.2, 0) is 0 Å². The molecule has 0 saturated carbocycles. The van der Waals surface area contributed by atoms with E-state index in [1.54, 1.807) is 24.3 Å². The molecule has 1 N–H and O–H groups in total. The van der Waals surface area contributed by atoms with Gasteiger partial charge in [-0.15, -0.1) is 0 Å². The zero-order chi connectivity index (χ0) is 13.7. The van der Waals surface area contributed by atoms with E-state index in [-0.39, 0.29) is 11.4 Å². The van der Waals surface area contributed by atoms with Gasteiger partial charge in [-0.25, -0.2) is 4.98 Å². The average Bonchev–Trinajstić information content (AvgIpc) is 2.41. The van der Waals surface area contributed by atoms with Gasteiger partial charge >= 0.3 is 6.61 Å². The van der Waals surface area contributed by atoms with Gasteiger partial charge in [-0.2, -0.15) is 14.0 Å². The summed E-state index contributed by atoms with van der Waals surface area (Å²) in [5.41, 5.74) is 1.19. The smallest absolute Gasteiger partial charge is 0.387 e. The summed E-state index contributed by atoms with van der Waals surface area (Å²) in [4.78, 5) is 3.82. The number of aromatic nitrogens is 1. The summed E-state index contributed by atoms with van der Waals surface area (Å²) in [5, 5.41) is 11.6. The first-order chi connectivity index (χ1) is 9.19. The molecule has 0 fully saturated rings. The van der Waals surface area contributed by atoms with Crippen LogP contribution < -0.4 is 10.1 Å². The number of rotatable bonds is 4. The van der Waals surface area contributed by atoms with Crippen LogP contribution in [0.1, 0.15) is 5.69 Å². The summed E-state index contributed by atoms with van der Waals surface area (Å²) < 4.78 is 28.9. The van der Waals surface area contributed by atoms with E-state index in [1.807, 2.05) is 6.07 Å². The number of benzene rings is 1. The minimum absolute atomic E-state index is 0.0350. The Labute approximate surface area is 108 Å². The van der Waals surface area contributed by atoms with Crippen LogP contribution in [0.25, 0.3) is 0 Å². The number of nitrogens with zero attached hydrogens (tertiary/aromatic N) is 2. The molecule has 1 aromatic heterocycles. The normalized spacial score (nSPS) is 10.0. The highest BCUT2D eigenvalue weighted by Crippen LogP contribution is 2.28. The molecule has 0 amide bonds. The summed E-state index contributed by atoms with van der Waals surface area (Å²) in [5.74, 6) is 0.0350. The molecule has 0 aliphatic carbocycles. The largest absolute Gasteiger partial charge is 0.433 e. The Morgan fingerprint density at radius 1 is 1.26 bits per heavy atom. The second kappa shape index (κ2) is 5.78. The lowest BCUT2D eigenvalue weighted by molar-refractivity contribution is -0.0493. The number of hydrogen-bond acceptors (Lipinski definition) is 4. The number of para-hydroxylation sites is 2. The highest BCUT2D eigenvalue weighted by Gasteiger charge is 2.09. The minimum atomic E-state index is -2.89. The third-order valence-corrected chi connectivity index (χ3v) is 2.26. The van der Waals surface area contributed by atoms with Crippen LogP contribution in [0.5, 0.6) is 5.75 Å². The first-order valence-corrected chi connectivity index (χ1v) is 5.36. The van der Waals surface area contributed by atoms with Gasteiger partial charge in [0.1, 0.15) is 17.5 Å². The molecule has 4 nitrogen and oxygen atoms in total. The van der Waals surface area contributed by atoms with Crippen molar-refractivity contribution < 1.29 is 13.5 Å². The molecule has 6 heteroatoms. The van der Waals surface area contributed by atoms with E-state index in [0.717, 1.165) is 0 Å². The highest BCUT2D eigenvalue weighted by molar-refractivity contribution is 5.66. The van der Waals surface area contributed by atoms with E-state index in [9.17, 15) is 8.78 Å². The van der Waals surface area contributed by atoms with Crippen molar-refractivity contribution in [1.29, 1.82) is 5.26 Å². The molecule has 2 aromatic rings. The van der Waals surface area contributed by atoms with Gasteiger partial charge < -0.3 is 10.1 Å². The maximum absolute atomic E-state index is 12.3. The lowest BCUT2D eigenvalue weighted by atomic mass is 10.2. The first kappa shape index (κ1) is 12.8. The average molecular weight is 261 g/mol. The molecule has 0 aliphatic rings. The highest BCUT2D eigenvalue weighted by atomic mass is 19.3. The van der Waals surface area contributed by atoms with Gasteiger partial charge in [-0.1, -0.05) is 12.1 Å². The molecular weight excluding hydrogens is 252 g/mol. The summed E-state index contributed by atoms with van der Waals surface area (Å²) in [7, 11) is 0. The molecule has 0 unspecified atom stereocenters. The maximum Gasteiger partial charge on any atom is 0.387 e. The second-order valence-corrected chi connectivity index (χ2v) is 3.54. The Balaban J connectivity index is 2.25. The molecule has 0 atom stereocenters. The summed E-state index contributed by atoms with van der Waals surface area (Å²) in [6, 6.07) is 11.3. The standard InChI is InChI=1S/C13H9F2N3O/c14-13(15)19-12-4-2-1-3-11(12)18-9-5-6-17-10(7-9)8-16/h1-7,13H,(H,17,18). The Kier molecular flexibility index (Phi) is 3.88. The van der Waals surface area contributed by atoms with Crippen LogP contribution in [0.15, 0.2) is 42.6 Å². The van der Waals surface area contributed by atoms with Crippen molar-refractivity contribution in [3.63, 3.8) is 0 Å². The third-order valence-electron chi connectivity index (χ3n) is 2.26. The van der Waals surface area contributed by atoms with Crippen molar-refractivity contribution >= 4 is 11.4 Å². The fourth-order valence-corrected chi connectivity index (χ4v) is 1.49. The van der Waals surface area contributed by atoms with Crippen LogP contribution in [-0.4, -0.2) is 11.6 Å². The number of anilines is 2. The topological polar surface area (TPSA) is 57.9 Å². The Morgan fingerprint density at radius 3 is 2.79 bits per heavy atom. The summed E-state index contributed by atoms with van der Waals surface area (Å²) >= 11 is 0. The zero-order valence-electron chi connectivity index (χ0n) is 9.68. The van der Waals surface area contributed by atoms with Crippen molar-refractivity contribution in [1.82, 2.24) is 4.98 Å². The Bertz CT molecular complexity index is 611. The molecule has 0 bridgehead atoms. The quantitative estimate of drug-likeness (QED) is 0.917. The number of hydrogen-bond donors (Lipinski definition) is 1. The zero-order valence-corrected chi connectivity index (χ0v) is 9.68. The van der Waals surface area contributed by atoms with Gasteiger partial charge in [0, 0.05) is 11.9 Å². The predicted octanol–water partition coefficient (Wildman–Crippen LogP) is 3.30. The van der Waals surface area contributed by atoms with Crippen LogP contribution in [0.4, 0.5) is 20.2 Å². The molecular formula is C13H9F2N3O. The van der Waals surface area contributed by atoms with Crippen LogP contribution in [0, 0.1) is 11.3 Å². The molecule has 1 aromatic carbocycles. The van der Waals surface area contributed by atoms with Crippen molar-refractivity contribution in [2.24, 2.45) is 0 Å². The van der Waals surface area contributed by atoms with E-state index in [2.05, 4.69) is 15.0 Å². The number of pyridine rings is 1. The minimum Gasteiger partial charge on any atom is -0.433 e. The van der Waals surface area contributed by atoms with Crippen molar-refractivity contribution in [2.75, 3.05) is 5.32 Å². The molecule has 0 spiro atoms. The van der Waals surface area contributed by atoms with Gasteiger partial charge in [-0.05, 0) is 24.3 Å². The summed E-state index contributed by atoms with van der Waals surface area (Å²) in [6.07, 6.45) is 1.46. The van der Waals surface area contributed by atoms with Crippen LogP contribution in [0.3, 0.4) is 0 Å². The molecule has 96 valence electrons. The summed E-state index contributed by atoms with van der Waals surface area (Å²) in [6.45, 7) is -2.89. The Hall–Kier alpha value is -2.68. The lowest BCUT2D eigenvalue weighted by Gasteiger charge is -2.12. The second-order valence-electron chi connectivity index (χ2n) is 3.54. The van der Waals surface area contributed by atoms with E-state index in [0.29, 0.717) is 11.4 Å². The number of nitriles is 1. The van der Waals surface area contributed by atoms with Gasteiger partial charge in [0.05, 0.1) is 5.69 Å². The molecule has 1 heterocycles.